The van der Waals surface area contributed by atoms with Crippen LogP contribution in [0.15, 0.2) is 24.7 Å². The molecule has 3 heteroatoms. The van der Waals surface area contributed by atoms with Gasteiger partial charge in [0.05, 0.1) is 6.20 Å². The minimum atomic E-state index is 0.474. The monoisotopic (exact) mass is 229 g/mol. The summed E-state index contributed by atoms with van der Waals surface area (Å²) >= 11 is 0. The second-order valence-corrected chi connectivity index (χ2v) is 4.67. The molecule has 0 aliphatic carbocycles. The summed E-state index contributed by atoms with van der Waals surface area (Å²) in [7, 11) is 0. The van der Waals surface area contributed by atoms with Gasteiger partial charge < -0.3 is 0 Å². The fourth-order valence-corrected chi connectivity index (χ4v) is 2.03. The molecular weight excluding hydrogens is 210 g/mol. The third-order valence-electron chi connectivity index (χ3n) is 2.96. The standard InChI is InChI=1S/C14H19N3/c1-5-17-9-13(8-16-17)12-6-11(4)14(10(2)3)15-7-12/h6-10H,5H2,1-4H3. The Labute approximate surface area is 103 Å². The van der Waals surface area contributed by atoms with Gasteiger partial charge in [0, 0.05) is 35.8 Å². The van der Waals surface area contributed by atoms with Crippen molar-refractivity contribution >= 4 is 0 Å². The van der Waals surface area contributed by atoms with E-state index < -0.39 is 0 Å². The number of pyridine rings is 1. The highest BCUT2D eigenvalue weighted by Gasteiger charge is 2.08. The summed E-state index contributed by atoms with van der Waals surface area (Å²) in [6.45, 7) is 9.45. The van der Waals surface area contributed by atoms with E-state index in [0.717, 1.165) is 17.7 Å². The van der Waals surface area contributed by atoms with Crippen molar-refractivity contribution in [2.24, 2.45) is 0 Å². The van der Waals surface area contributed by atoms with Gasteiger partial charge >= 0.3 is 0 Å². The van der Waals surface area contributed by atoms with Crippen molar-refractivity contribution in [3.8, 4) is 11.1 Å². The molecule has 0 saturated heterocycles. The molecule has 0 N–H and O–H groups in total. The molecule has 0 atom stereocenters. The van der Waals surface area contributed by atoms with Crippen molar-refractivity contribution in [1.29, 1.82) is 0 Å². The van der Waals surface area contributed by atoms with Crippen molar-refractivity contribution in [2.75, 3.05) is 0 Å². The Hall–Kier alpha value is -1.64. The van der Waals surface area contributed by atoms with Crippen molar-refractivity contribution in [2.45, 2.75) is 40.2 Å². The van der Waals surface area contributed by atoms with Crippen LogP contribution in [-0.4, -0.2) is 14.8 Å². The molecule has 2 rings (SSSR count). The van der Waals surface area contributed by atoms with Crippen molar-refractivity contribution in [3.63, 3.8) is 0 Å². The third kappa shape index (κ3) is 2.38. The summed E-state index contributed by atoms with van der Waals surface area (Å²) in [6.07, 6.45) is 5.90. The molecule has 2 heterocycles. The van der Waals surface area contributed by atoms with Gasteiger partial charge in [0.25, 0.3) is 0 Å². The molecule has 0 spiro atoms. The van der Waals surface area contributed by atoms with Gasteiger partial charge in [-0.3, -0.25) is 9.67 Å². The largest absolute Gasteiger partial charge is 0.272 e. The number of nitrogens with zero attached hydrogens (tertiary/aromatic N) is 3. The number of rotatable bonds is 3. The van der Waals surface area contributed by atoms with E-state index in [9.17, 15) is 0 Å². The Morgan fingerprint density at radius 2 is 2.00 bits per heavy atom. The fraction of sp³-hybridized carbons (Fsp3) is 0.429. The van der Waals surface area contributed by atoms with Crippen LogP contribution in [-0.2, 0) is 6.54 Å². The quantitative estimate of drug-likeness (QED) is 0.807. The van der Waals surface area contributed by atoms with Crippen LogP contribution < -0.4 is 0 Å². The first-order valence-corrected chi connectivity index (χ1v) is 6.11. The van der Waals surface area contributed by atoms with Gasteiger partial charge in [-0.2, -0.15) is 5.10 Å². The van der Waals surface area contributed by atoms with E-state index in [1.165, 1.54) is 11.3 Å². The summed E-state index contributed by atoms with van der Waals surface area (Å²) in [5.41, 5.74) is 4.71. The van der Waals surface area contributed by atoms with E-state index in [2.05, 4.69) is 50.0 Å². The topological polar surface area (TPSA) is 30.7 Å². The van der Waals surface area contributed by atoms with Gasteiger partial charge in [0.2, 0.25) is 0 Å². The van der Waals surface area contributed by atoms with E-state index in [1.807, 2.05) is 17.1 Å². The van der Waals surface area contributed by atoms with Crippen molar-refractivity contribution in [1.82, 2.24) is 14.8 Å². The first-order chi connectivity index (χ1) is 8.11. The summed E-state index contributed by atoms with van der Waals surface area (Å²) in [4.78, 5) is 4.55. The van der Waals surface area contributed by atoms with Crippen LogP contribution in [0.2, 0.25) is 0 Å². The van der Waals surface area contributed by atoms with E-state index in [1.54, 1.807) is 0 Å². The zero-order valence-electron chi connectivity index (χ0n) is 10.9. The number of hydrogen-bond donors (Lipinski definition) is 0. The van der Waals surface area contributed by atoms with Gasteiger partial charge in [0.1, 0.15) is 0 Å². The van der Waals surface area contributed by atoms with Gasteiger partial charge in [-0.1, -0.05) is 13.8 Å². The van der Waals surface area contributed by atoms with Gasteiger partial charge in [-0.25, -0.2) is 0 Å². The SMILES string of the molecule is CCn1cc(-c2cnc(C(C)C)c(C)c2)cn1. The molecule has 0 aliphatic rings. The molecule has 0 bridgehead atoms. The Bertz CT molecular complexity index is 512. The highest BCUT2D eigenvalue weighted by molar-refractivity contribution is 5.61. The average Bonchev–Trinajstić information content (AvgIpc) is 2.76. The second kappa shape index (κ2) is 4.70. The highest BCUT2D eigenvalue weighted by atomic mass is 15.3. The molecular formula is C14H19N3. The highest BCUT2D eigenvalue weighted by Crippen LogP contribution is 2.23. The van der Waals surface area contributed by atoms with Crippen LogP contribution in [0.4, 0.5) is 0 Å². The maximum Gasteiger partial charge on any atom is 0.0568 e. The Kier molecular flexibility index (Phi) is 3.27. The van der Waals surface area contributed by atoms with E-state index in [0.29, 0.717) is 5.92 Å². The summed E-state index contributed by atoms with van der Waals surface area (Å²) < 4.78 is 1.93. The van der Waals surface area contributed by atoms with E-state index in [-0.39, 0.29) is 0 Å². The first-order valence-electron chi connectivity index (χ1n) is 6.11. The summed E-state index contributed by atoms with van der Waals surface area (Å²) in [5.74, 6) is 0.474. The zero-order chi connectivity index (χ0) is 12.4. The van der Waals surface area contributed by atoms with Crippen molar-refractivity contribution < 1.29 is 0 Å². The minimum Gasteiger partial charge on any atom is -0.272 e. The Balaban J connectivity index is 2.37. The lowest BCUT2D eigenvalue weighted by atomic mass is 10.0. The lowest BCUT2D eigenvalue weighted by Gasteiger charge is -2.09. The predicted molar refractivity (Wildman–Crippen MR) is 70.0 cm³/mol. The van der Waals surface area contributed by atoms with Crippen LogP contribution >= 0.6 is 0 Å². The maximum absolute atomic E-state index is 4.55. The van der Waals surface area contributed by atoms with E-state index >= 15 is 0 Å². The molecule has 3 nitrogen and oxygen atoms in total. The maximum atomic E-state index is 4.55. The van der Waals surface area contributed by atoms with Gasteiger partial charge in [0.15, 0.2) is 0 Å². The molecule has 2 aromatic rings. The summed E-state index contributed by atoms with van der Waals surface area (Å²) in [6, 6.07) is 2.19. The molecule has 0 saturated carbocycles. The number of aromatic nitrogens is 3. The number of hydrogen-bond acceptors (Lipinski definition) is 2. The predicted octanol–water partition coefficient (Wildman–Crippen LogP) is 3.40. The lowest BCUT2D eigenvalue weighted by molar-refractivity contribution is 0.660. The fourth-order valence-electron chi connectivity index (χ4n) is 2.03. The molecule has 2 aromatic heterocycles. The van der Waals surface area contributed by atoms with Crippen molar-refractivity contribution in [3.05, 3.63) is 35.9 Å². The molecule has 0 fully saturated rings. The van der Waals surface area contributed by atoms with Crippen LogP contribution in [0.3, 0.4) is 0 Å². The average molecular weight is 229 g/mol. The molecule has 17 heavy (non-hydrogen) atoms. The number of aryl methyl sites for hydroxylation is 2. The van der Waals surface area contributed by atoms with Crippen LogP contribution in [0.1, 0.15) is 37.9 Å². The van der Waals surface area contributed by atoms with Gasteiger partial charge in [-0.05, 0) is 31.4 Å². The lowest BCUT2D eigenvalue weighted by Crippen LogP contribution is -1.96. The first kappa shape index (κ1) is 11.8. The van der Waals surface area contributed by atoms with E-state index in [4.69, 9.17) is 0 Å². The smallest absolute Gasteiger partial charge is 0.0568 e. The normalized spacial score (nSPS) is 11.1. The summed E-state index contributed by atoms with van der Waals surface area (Å²) in [5, 5.41) is 4.29. The molecule has 90 valence electrons. The van der Waals surface area contributed by atoms with Crippen LogP contribution in [0.25, 0.3) is 11.1 Å². The van der Waals surface area contributed by atoms with Crippen LogP contribution in [0.5, 0.6) is 0 Å². The van der Waals surface area contributed by atoms with Crippen LogP contribution in [0, 0.1) is 6.92 Å². The molecule has 0 aromatic carbocycles. The zero-order valence-corrected chi connectivity index (χ0v) is 10.9. The minimum absolute atomic E-state index is 0.474. The Morgan fingerprint density at radius 3 is 2.53 bits per heavy atom. The molecule has 0 aliphatic heterocycles. The van der Waals surface area contributed by atoms with Gasteiger partial charge in [-0.15, -0.1) is 0 Å². The second-order valence-electron chi connectivity index (χ2n) is 4.67. The molecule has 0 amide bonds. The Morgan fingerprint density at radius 1 is 1.24 bits per heavy atom. The third-order valence-corrected chi connectivity index (χ3v) is 2.96. The molecule has 0 unspecified atom stereocenters. The molecule has 0 radical (unpaired) electrons.